The van der Waals surface area contributed by atoms with Gasteiger partial charge in [-0.15, -0.1) is 0 Å². The summed E-state index contributed by atoms with van der Waals surface area (Å²) in [6.45, 7) is 6.94. The molecule has 2 heteroatoms. The van der Waals surface area contributed by atoms with Crippen LogP contribution in [0.15, 0.2) is 36.5 Å². The number of rotatable bonds is 4. The third kappa shape index (κ3) is 2.28. The molecule has 0 radical (unpaired) electrons. The summed E-state index contributed by atoms with van der Waals surface area (Å²) in [5.41, 5.74) is 2.83. The van der Waals surface area contributed by atoms with Crippen molar-refractivity contribution >= 4 is 0 Å². The number of aromatic nitrogens is 2. The van der Waals surface area contributed by atoms with E-state index in [9.17, 15) is 0 Å². The Kier molecular flexibility index (Phi) is 3.64. The molecule has 0 bridgehead atoms. The summed E-state index contributed by atoms with van der Waals surface area (Å²) in [5, 5.41) is 0. The van der Waals surface area contributed by atoms with Crippen LogP contribution in [0.3, 0.4) is 0 Å². The van der Waals surface area contributed by atoms with Crippen LogP contribution < -0.4 is 0 Å². The SMILES string of the molecule is CCC(C)Cc1cnc2n1C(c1ccccc1)C(C)C2. The number of imidazole rings is 1. The molecule has 3 atom stereocenters. The lowest BCUT2D eigenvalue weighted by molar-refractivity contribution is 0.451. The molecule has 2 heterocycles. The summed E-state index contributed by atoms with van der Waals surface area (Å²) >= 11 is 0. The second kappa shape index (κ2) is 5.43. The monoisotopic (exact) mass is 268 g/mol. The van der Waals surface area contributed by atoms with E-state index in [0.717, 1.165) is 18.8 Å². The normalized spacial score (nSPS) is 22.8. The predicted molar refractivity (Wildman–Crippen MR) is 82.8 cm³/mol. The molecule has 1 aromatic heterocycles. The van der Waals surface area contributed by atoms with Crippen LogP contribution in [0.25, 0.3) is 0 Å². The molecule has 106 valence electrons. The van der Waals surface area contributed by atoms with Gasteiger partial charge >= 0.3 is 0 Å². The van der Waals surface area contributed by atoms with Crippen LogP contribution in [0, 0.1) is 11.8 Å². The van der Waals surface area contributed by atoms with Gasteiger partial charge < -0.3 is 4.57 Å². The summed E-state index contributed by atoms with van der Waals surface area (Å²) in [6, 6.07) is 11.4. The average Bonchev–Trinajstić information content (AvgIpc) is 2.98. The molecule has 2 nitrogen and oxygen atoms in total. The second-order valence-corrected chi connectivity index (χ2v) is 6.29. The standard InChI is InChI=1S/C18H24N2/c1-4-13(2)10-16-12-19-17-11-14(3)18(20(16)17)15-8-6-5-7-9-15/h5-9,12-14,18H,4,10-11H2,1-3H3. The predicted octanol–water partition coefficient (Wildman–Crippen LogP) is 4.25. The fraction of sp³-hybridized carbons (Fsp3) is 0.500. The number of benzene rings is 1. The molecular formula is C18H24N2. The summed E-state index contributed by atoms with van der Waals surface area (Å²) in [6.07, 6.45) is 5.56. The molecule has 0 fully saturated rings. The van der Waals surface area contributed by atoms with Crippen LogP contribution >= 0.6 is 0 Å². The van der Waals surface area contributed by atoms with E-state index >= 15 is 0 Å². The zero-order valence-electron chi connectivity index (χ0n) is 12.7. The molecule has 3 unspecified atom stereocenters. The highest BCUT2D eigenvalue weighted by atomic mass is 15.1. The Labute approximate surface area is 121 Å². The molecule has 0 spiro atoms. The van der Waals surface area contributed by atoms with Crippen molar-refractivity contribution in [1.29, 1.82) is 0 Å². The zero-order valence-corrected chi connectivity index (χ0v) is 12.7. The first-order chi connectivity index (χ1) is 9.70. The number of nitrogens with zero attached hydrogens (tertiary/aromatic N) is 2. The number of hydrogen-bond acceptors (Lipinski definition) is 1. The van der Waals surface area contributed by atoms with Gasteiger partial charge in [-0.05, 0) is 23.8 Å². The van der Waals surface area contributed by atoms with Crippen molar-refractivity contribution in [3.63, 3.8) is 0 Å². The van der Waals surface area contributed by atoms with Crippen molar-refractivity contribution in [3.8, 4) is 0 Å². The largest absolute Gasteiger partial charge is 0.324 e. The highest BCUT2D eigenvalue weighted by Gasteiger charge is 2.33. The van der Waals surface area contributed by atoms with Crippen LogP contribution in [-0.2, 0) is 12.8 Å². The molecule has 0 aliphatic carbocycles. The Morgan fingerprint density at radius 1 is 1.30 bits per heavy atom. The van der Waals surface area contributed by atoms with E-state index < -0.39 is 0 Å². The van der Waals surface area contributed by atoms with E-state index in [1.54, 1.807) is 0 Å². The lowest BCUT2D eigenvalue weighted by atomic mass is 9.94. The molecule has 20 heavy (non-hydrogen) atoms. The Balaban J connectivity index is 1.98. The van der Waals surface area contributed by atoms with Crippen molar-refractivity contribution in [1.82, 2.24) is 9.55 Å². The zero-order chi connectivity index (χ0) is 14.1. The maximum atomic E-state index is 4.67. The van der Waals surface area contributed by atoms with E-state index in [1.807, 2.05) is 0 Å². The van der Waals surface area contributed by atoms with Crippen molar-refractivity contribution < 1.29 is 0 Å². The average molecular weight is 268 g/mol. The third-order valence-corrected chi connectivity index (χ3v) is 4.67. The molecule has 1 aliphatic heterocycles. The van der Waals surface area contributed by atoms with Crippen molar-refractivity contribution in [2.75, 3.05) is 0 Å². The first-order valence-corrected chi connectivity index (χ1v) is 7.80. The van der Waals surface area contributed by atoms with Gasteiger partial charge in [-0.2, -0.15) is 0 Å². The van der Waals surface area contributed by atoms with Gasteiger partial charge in [0, 0.05) is 18.3 Å². The first kappa shape index (κ1) is 13.4. The van der Waals surface area contributed by atoms with Crippen molar-refractivity contribution in [2.24, 2.45) is 11.8 Å². The van der Waals surface area contributed by atoms with Gasteiger partial charge in [-0.25, -0.2) is 4.98 Å². The molecule has 2 aromatic rings. The third-order valence-electron chi connectivity index (χ3n) is 4.67. The Morgan fingerprint density at radius 2 is 2.05 bits per heavy atom. The molecule has 0 saturated heterocycles. The van der Waals surface area contributed by atoms with Crippen molar-refractivity contribution in [2.45, 2.75) is 46.1 Å². The van der Waals surface area contributed by atoms with E-state index in [-0.39, 0.29) is 0 Å². The van der Waals surface area contributed by atoms with Gasteiger partial charge in [-0.1, -0.05) is 57.5 Å². The minimum Gasteiger partial charge on any atom is -0.324 e. The topological polar surface area (TPSA) is 17.8 Å². The van der Waals surface area contributed by atoms with Crippen LogP contribution in [0.4, 0.5) is 0 Å². The van der Waals surface area contributed by atoms with Crippen LogP contribution in [0.5, 0.6) is 0 Å². The fourth-order valence-corrected chi connectivity index (χ4v) is 3.36. The summed E-state index contributed by atoms with van der Waals surface area (Å²) in [5.74, 6) is 2.63. The molecule has 3 rings (SSSR count). The Hall–Kier alpha value is -1.57. The van der Waals surface area contributed by atoms with Crippen LogP contribution in [-0.4, -0.2) is 9.55 Å². The second-order valence-electron chi connectivity index (χ2n) is 6.29. The summed E-state index contributed by atoms with van der Waals surface area (Å²) in [7, 11) is 0. The van der Waals surface area contributed by atoms with E-state index in [4.69, 9.17) is 0 Å². The maximum absolute atomic E-state index is 4.67. The van der Waals surface area contributed by atoms with Crippen molar-refractivity contribution in [3.05, 3.63) is 53.6 Å². The fourth-order valence-electron chi connectivity index (χ4n) is 3.36. The summed E-state index contributed by atoms with van der Waals surface area (Å²) < 4.78 is 2.51. The van der Waals surface area contributed by atoms with Gasteiger partial charge in [0.15, 0.2) is 0 Å². The van der Waals surface area contributed by atoms with Gasteiger partial charge in [0.25, 0.3) is 0 Å². The molecular weight excluding hydrogens is 244 g/mol. The molecule has 0 N–H and O–H groups in total. The van der Waals surface area contributed by atoms with E-state index in [0.29, 0.717) is 12.0 Å². The van der Waals surface area contributed by atoms with Gasteiger partial charge in [0.1, 0.15) is 5.82 Å². The van der Waals surface area contributed by atoms with Gasteiger partial charge in [0.2, 0.25) is 0 Å². The molecule has 1 aliphatic rings. The lowest BCUT2D eigenvalue weighted by Gasteiger charge is -2.22. The van der Waals surface area contributed by atoms with Crippen LogP contribution in [0.2, 0.25) is 0 Å². The lowest BCUT2D eigenvalue weighted by Crippen LogP contribution is -2.15. The molecule has 1 aromatic carbocycles. The first-order valence-electron chi connectivity index (χ1n) is 7.80. The highest BCUT2D eigenvalue weighted by molar-refractivity contribution is 5.27. The van der Waals surface area contributed by atoms with Crippen LogP contribution in [0.1, 0.15) is 50.3 Å². The van der Waals surface area contributed by atoms with E-state index in [1.165, 1.54) is 23.5 Å². The van der Waals surface area contributed by atoms with E-state index in [2.05, 4.69) is 66.9 Å². The molecule has 0 amide bonds. The minimum atomic E-state index is 0.466. The maximum Gasteiger partial charge on any atom is 0.109 e. The highest BCUT2D eigenvalue weighted by Crippen LogP contribution is 2.37. The van der Waals surface area contributed by atoms with Gasteiger partial charge in [0.05, 0.1) is 6.04 Å². The quantitative estimate of drug-likeness (QED) is 0.810. The smallest absolute Gasteiger partial charge is 0.109 e. The molecule has 0 saturated carbocycles. The Morgan fingerprint density at radius 3 is 2.75 bits per heavy atom. The number of hydrogen-bond donors (Lipinski definition) is 0. The number of fused-ring (bicyclic) bond motifs is 1. The minimum absolute atomic E-state index is 0.466. The van der Waals surface area contributed by atoms with Gasteiger partial charge in [-0.3, -0.25) is 0 Å². The summed E-state index contributed by atoms with van der Waals surface area (Å²) in [4.78, 5) is 4.67. The Bertz CT molecular complexity index is 570.